The molecule has 3 heteroatoms. The molecule has 2 heterocycles. The molecule has 1 aliphatic rings. The third-order valence-electron chi connectivity index (χ3n) is 3.52. The number of thiophene rings is 1. The molecule has 0 aromatic carbocycles. The van der Waals surface area contributed by atoms with Crippen LogP contribution in [0.5, 0.6) is 0 Å². The molecule has 0 amide bonds. The molecule has 1 saturated heterocycles. The van der Waals surface area contributed by atoms with Gasteiger partial charge in [-0.15, -0.1) is 11.3 Å². The maximum Gasteiger partial charge on any atom is 0.0469 e. The average molecular weight is 253 g/mol. The van der Waals surface area contributed by atoms with Crippen LogP contribution in [-0.4, -0.2) is 19.8 Å². The summed E-state index contributed by atoms with van der Waals surface area (Å²) in [4.78, 5) is 2.96. The standard InChI is InChI=1S/C14H23NOS/c1-4-15-13(12-5-7-16-8-6-12)14-10(2)9-11(3)17-14/h9,12-13,15H,4-8H2,1-3H3. The molecule has 0 saturated carbocycles. The molecule has 1 fully saturated rings. The van der Waals surface area contributed by atoms with Crippen molar-refractivity contribution in [3.63, 3.8) is 0 Å². The molecule has 1 atom stereocenters. The molecule has 0 radical (unpaired) electrons. The minimum absolute atomic E-state index is 0.530. The van der Waals surface area contributed by atoms with Gasteiger partial charge in [-0.25, -0.2) is 0 Å². The number of nitrogens with one attached hydrogen (secondary N) is 1. The van der Waals surface area contributed by atoms with Crippen LogP contribution in [0.4, 0.5) is 0 Å². The van der Waals surface area contributed by atoms with E-state index in [1.54, 1.807) is 0 Å². The zero-order chi connectivity index (χ0) is 12.3. The number of ether oxygens (including phenoxy) is 1. The lowest BCUT2D eigenvalue weighted by molar-refractivity contribution is 0.0542. The molecule has 1 unspecified atom stereocenters. The van der Waals surface area contributed by atoms with Gasteiger partial charge in [-0.05, 0) is 50.8 Å². The fraction of sp³-hybridized carbons (Fsp3) is 0.714. The highest BCUT2D eigenvalue weighted by molar-refractivity contribution is 7.12. The first-order valence-corrected chi connectivity index (χ1v) is 7.42. The molecule has 17 heavy (non-hydrogen) atoms. The van der Waals surface area contributed by atoms with Gasteiger partial charge in [-0.1, -0.05) is 6.92 Å². The Labute approximate surface area is 108 Å². The number of hydrogen-bond acceptors (Lipinski definition) is 3. The lowest BCUT2D eigenvalue weighted by atomic mass is 9.89. The summed E-state index contributed by atoms with van der Waals surface area (Å²) in [5.74, 6) is 0.737. The van der Waals surface area contributed by atoms with E-state index < -0.39 is 0 Å². The van der Waals surface area contributed by atoms with Crippen molar-refractivity contribution in [2.24, 2.45) is 5.92 Å². The lowest BCUT2D eigenvalue weighted by Crippen LogP contribution is -2.31. The van der Waals surface area contributed by atoms with Crippen LogP contribution in [-0.2, 0) is 4.74 Å². The SMILES string of the molecule is CCNC(c1sc(C)cc1C)C1CCOCC1. The molecule has 0 bridgehead atoms. The summed E-state index contributed by atoms with van der Waals surface area (Å²) >= 11 is 1.95. The van der Waals surface area contributed by atoms with E-state index in [2.05, 4.69) is 32.2 Å². The highest BCUT2D eigenvalue weighted by Crippen LogP contribution is 2.36. The second-order valence-corrected chi connectivity index (χ2v) is 6.18. The van der Waals surface area contributed by atoms with Gasteiger partial charge in [0.15, 0.2) is 0 Å². The van der Waals surface area contributed by atoms with Gasteiger partial charge in [0.2, 0.25) is 0 Å². The van der Waals surface area contributed by atoms with Crippen molar-refractivity contribution >= 4 is 11.3 Å². The minimum atomic E-state index is 0.530. The first-order valence-electron chi connectivity index (χ1n) is 6.60. The van der Waals surface area contributed by atoms with Gasteiger partial charge in [-0.2, -0.15) is 0 Å². The third-order valence-corrected chi connectivity index (χ3v) is 4.76. The molecule has 96 valence electrons. The van der Waals surface area contributed by atoms with Crippen LogP contribution in [0.25, 0.3) is 0 Å². The number of rotatable bonds is 4. The Morgan fingerprint density at radius 1 is 1.41 bits per heavy atom. The Morgan fingerprint density at radius 2 is 2.12 bits per heavy atom. The first-order chi connectivity index (χ1) is 8.22. The van der Waals surface area contributed by atoms with Gasteiger partial charge in [0.1, 0.15) is 0 Å². The third kappa shape index (κ3) is 3.09. The van der Waals surface area contributed by atoms with Gasteiger partial charge in [-0.3, -0.25) is 0 Å². The fourth-order valence-corrected chi connectivity index (χ4v) is 3.92. The normalized spacial score (nSPS) is 19.5. The van der Waals surface area contributed by atoms with Gasteiger partial charge < -0.3 is 10.1 Å². The summed E-state index contributed by atoms with van der Waals surface area (Å²) in [5.41, 5.74) is 1.45. The van der Waals surface area contributed by atoms with Crippen molar-refractivity contribution in [2.45, 2.75) is 39.7 Å². The molecule has 1 N–H and O–H groups in total. The second-order valence-electron chi connectivity index (χ2n) is 4.89. The number of hydrogen-bond donors (Lipinski definition) is 1. The maximum atomic E-state index is 5.47. The smallest absolute Gasteiger partial charge is 0.0469 e. The van der Waals surface area contributed by atoms with Crippen LogP contribution in [0, 0.1) is 19.8 Å². The summed E-state index contributed by atoms with van der Waals surface area (Å²) in [6.07, 6.45) is 2.38. The Kier molecular flexibility index (Phi) is 4.60. The molecule has 1 aromatic heterocycles. The average Bonchev–Trinajstić information content (AvgIpc) is 2.66. The van der Waals surface area contributed by atoms with E-state index in [-0.39, 0.29) is 0 Å². The van der Waals surface area contributed by atoms with Crippen LogP contribution in [0.15, 0.2) is 6.07 Å². The van der Waals surface area contributed by atoms with Crippen LogP contribution < -0.4 is 5.32 Å². The van der Waals surface area contributed by atoms with Crippen molar-refractivity contribution in [1.82, 2.24) is 5.32 Å². The predicted octanol–water partition coefficient (Wildman–Crippen LogP) is 3.44. The predicted molar refractivity (Wildman–Crippen MR) is 73.8 cm³/mol. The number of aryl methyl sites for hydroxylation is 2. The van der Waals surface area contributed by atoms with Crippen molar-refractivity contribution in [3.05, 3.63) is 21.4 Å². The monoisotopic (exact) mass is 253 g/mol. The zero-order valence-corrected chi connectivity index (χ0v) is 11.9. The quantitative estimate of drug-likeness (QED) is 0.887. The van der Waals surface area contributed by atoms with E-state index in [0.29, 0.717) is 6.04 Å². The van der Waals surface area contributed by atoms with Crippen molar-refractivity contribution in [2.75, 3.05) is 19.8 Å². The van der Waals surface area contributed by atoms with E-state index >= 15 is 0 Å². The van der Waals surface area contributed by atoms with E-state index in [1.807, 2.05) is 11.3 Å². The van der Waals surface area contributed by atoms with E-state index in [4.69, 9.17) is 4.74 Å². The summed E-state index contributed by atoms with van der Waals surface area (Å²) in [7, 11) is 0. The van der Waals surface area contributed by atoms with Crippen LogP contribution in [0.3, 0.4) is 0 Å². The molecular formula is C14H23NOS. The summed E-state index contributed by atoms with van der Waals surface area (Å²) in [6, 6.07) is 2.84. The Balaban J connectivity index is 2.18. The highest BCUT2D eigenvalue weighted by Gasteiger charge is 2.26. The second kappa shape index (κ2) is 5.98. The Morgan fingerprint density at radius 3 is 2.65 bits per heavy atom. The molecule has 2 nitrogen and oxygen atoms in total. The van der Waals surface area contributed by atoms with Crippen LogP contribution >= 0.6 is 11.3 Å². The first kappa shape index (κ1) is 13.1. The van der Waals surface area contributed by atoms with Gasteiger partial charge in [0.05, 0.1) is 0 Å². The van der Waals surface area contributed by atoms with Crippen LogP contribution in [0.2, 0.25) is 0 Å². The Bertz CT molecular complexity index is 355. The van der Waals surface area contributed by atoms with E-state index in [0.717, 1.165) is 25.7 Å². The molecule has 0 aliphatic carbocycles. The van der Waals surface area contributed by atoms with E-state index in [1.165, 1.54) is 28.2 Å². The molecule has 2 rings (SSSR count). The van der Waals surface area contributed by atoms with Crippen molar-refractivity contribution in [1.29, 1.82) is 0 Å². The minimum Gasteiger partial charge on any atom is -0.381 e. The molecule has 1 aliphatic heterocycles. The summed E-state index contributed by atoms with van der Waals surface area (Å²) < 4.78 is 5.47. The summed E-state index contributed by atoms with van der Waals surface area (Å²) in [6.45, 7) is 9.53. The van der Waals surface area contributed by atoms with Gasteiger partial charge in [0.25, 0.3) is 0 Å². The fourth-order valence-electron chi connectivity index (χ4n) is 2.71. The van der Waals surface area contributed by atoms with Crippen LogP contribution in [0.1, 0.15) is 41.1 Å². The Hall–Kier alpha value is -0.380. The lowest BCUT2D eigenvalue weighted by Gasteiger charge is -2.30. The van der Waals surface area contributed by atoms with Gasteiger partial charge >= 0.3 is 0 Å². The molecule has 0 spiro atoms. The maximum absolute atomic E-state index is 5.47. The van der Waals surface area contributed by atoms with Crippen molar-refractivity contribution < 1.29 is 4.74 Å². The zero-order valence-electron chi connectivity index (χ0n) is 11.1. The molecular weight excluding hydrogens is 230 g/mol. The van der Waals surface area contributed by atoms with E-state index in [9.17, 15) is 0 Å². The molecule has 1 aromatic rings. The highest BCUT2D eigenvalue weighted by atomic mass is 32.1. The van der Waals surface area contributed by atoms with Gasteiger partial charge in [0, 0.05) is 29.0 Å². The van der Waals surface area contributed by atoms with Crippen molar-refractivity contribution in [3.8, 4) is 0 Å². The largest absolute Gasteiger partial charge is 0.381 e. The summed E-state index contributed by atoms with van der Waals surface area (Å²) in [5, 5.41) is 3.68. The topological polar surface area (TPSA) is 21.3 Å².